The number of nitrogens with zero attached hydrogens (tertiary/aromatic N) is 1. The molecule has 3 unspecified atom stereocenters. The van der Waals surface area contributed by atoms with E-state index in [0.717, 1.165) is 6.08 Å². The molecule has 0 aromatic carbocycles. The first-order valence-electron chi connectivity index (χ1n) is 8.65. The van der Waals surface area contributed by atoms with Crippen LogP contribution < -0.4 is 0 Å². The standard InChI is InChI=1S/C19H24ClNO6S2/c1-3-9-15(20)10-7-5-4-6-8-11-17(28)29(26,27)21(13-16(22)23)19(18(24)25)12-14(19)2/h3-11,14-15,28H,12-13H2,1-2H3,(H,22,23)(H,24,25)/b5-4+,8-6+,9-3-,10-7?,17-11+. The van der Waals surface area contributed by atoms with Crippen molar-refractivity contribution >= 4 is 46.2 Å². The Balaban J connectivity index is 2.97. The van der Waals surface area contributed by atoms with Gasteiger partial charge >= 0.3 is 11.9 Å². The van der Waals surface area contributed by atoms with Crippen molar-refractivity contribution in [2.24, 2.45) is 5.92 Å². The second-order valence-electron chi connectivity index (χ2n) is 6.37. The van der Waals surface area contributed by atoms with Crippen LogP contribution in [0.3, 0.4) is 0 Å². The van der Waals surface area contributed by atoms with Crippen LogP contribution in [0.1, 0.15) is 20.3 Å². The van der Waals surface area contributed by atoms with Crippen molar-refractivity contribution in [1.29, 1.82) is 0 Å². The Bertz CT molecular complexity index is 875. The minimum atomic E-state index is -4.40. The van der Waals surface area contributed by atoms with E-state index in [1.165, 1.54) is 6.08 Å². The third kappa shape index (κ3) is 6.60. The van der Waals surface area contributed by atoms with Crippen molar-refractivity contribution < 1.29 is 28.2 Å². The van der Waals surface area contributed by atoms with Crippen LogP contribution in [-0.4, -0.2) is 52.3 Å². The van der Waals surface area contributed by atoms with E-state index in [-0.39, 0.29) is 11.8 Å². The molecule has 0 aliphatic heterocycles. The molecule has 29 heavy (non-hydrogen) atoms. The topological polar surface area (TPSA) is 112 Å². The van der Waals surface area contributed by atoms with Gasteiger partial charge in [0.25, 0.3) is 0 Å². The Morgan fingerprint density at radius 1 is 1.21 bits per heavy atom. The van der Waals surface area contributed by atoms with E-state index in [2.05, 4.69) is 12.6 Å². The van der Waals surface area contributed by atoms with E-state index in [1.807, 2.05) is 13.0 Å². The maximum Gasteiger partial charge on any atom is 0.325 e. The fraction of sp³-hybridized carbons (Fsp3) is 0.368. The SMILES string of the molecule is C/C=C\C(Cl)C=C/C=C/C=C/C=C(\S)S(=O)(=O)N(CC(=O)O)C1(C(=O)O)CC1C. The van der Waals surface area contributed by atoms with Gasteiger partial charge in [0.05, 0.1) is 5.38 Å². The second kappa shape index (κ2) is 10.8. The summed E-state index contributed by atoms with van der Waals surface area (Å²) < 4.78 is 25.6. The van der Waals surface area contributed by atoms with Gasteiger partial charge in [0.15, 0.2) is 0 Å². The number of aliphatic carboxylic acids is 2. The normalized spacial score (nSPS) is 24.3. The zero-order valence-electron chi connectivity index (χ0n) is 16.0. The van der Waals surface area contributed by atoms with E-state index in [0.29, 0.717) is 4.31 Å². The lowest BCUT2D eigenvalue weighted by molar-refractivity contribution is -0.145. The van der Waals surface area contributed by atoms with Gasteiger partial charge in [-0.2, -0.15) is 4.31 Å². The minimum absolute atomic E-state index is 0.0373. The molecule has 0 aromatic heterocycles. The van der Waals surface area contributed by atoms with Crippen molar-refractivity contribution in [3.63, 3.8) is 0 Å². The molecule has 10 heteroatoms. The average Bonchev–Trinajstić information content (AvgIpc) is 3.30. The third-order valence-corrected chi connectivity index (χ3v) is 7.11. The zero-order chi connectivity index (χ0) is 22.2. The molecule has 1 rings (SSSR count). The quantitative estimate of drug-likeness (QED) is 0.188. The molecule has 160 valence electrons. The second-order valence-corrected chi connectivity index (χ2v) is 9.49. The monoisotopic (exact) mass is 461 g/mol. The number of hydrogen-bond acceptors (Lipinski definition) is 5. The molecule has 1 aliphatic rings. The van der Waals surface area contributed by atoms with Gasteiger partial charge in [-0.1, -0.05) is 55.5 Å². The van der Waals surface area contributed by atoms with Crippen LogP contribution in [0.2, 0.25) is 0 Å². The van der Waals surface area contributed by atoms with Crippen molar-refractivity contribution in [1.82, 2.24) is 4.31 Å². The Hall–Kier alpha value is -1.81. The third-order valence-electron chi connectivity index (χ3n) is 4.28. The van der Waals surface area contributed by atoms with Gasteiger partial charge in [-0.25, -0.2) is 8.42 Å². The molecule has 0 saturated heterocycles. The smallest absolute Gasteiger partial charge is 0.325 e. The first kappa shape index (κ1) is 25.2. The van der Waals surface area contributed by atoms with Crippen molar-refractivity contribution in [3.05, 3.63) is 58.9 Å². The van der Waals surface area contributed by atoms with Gasteiger partial charge in [0.2, 0.25) is 10.0 Å². The Morgan fingerprint density at radius 3 is 2.24 bits per heavy atom. The van der Waals surface area contributed by atoms with Crippen LogP contribution in [0.25, 0.3) is 0 Å². The molecule has 3 atom stereocenters. The number of thiol groups is 1. The highest BCUT2D eigenvalue weighted by Gasteiger charge is 2.65. The first-order chi connectivity index (χ1) is 13.5. The van der Waals surface area contributed by atoms with Gasteiger partial charge in [0, 0.05) is 0 Å². The zero-order valence-corrected chi connectivity index (χ0v) is 18.4. The number of halogens is 1. The molecule has 7 nitrogen and oxygen atoms in total. The maximum absolute atomic E-state index is 12.8. The van der Waals surface area contributed by atoms with E-state index < -0.39 is 44.2 Å². The summed E-state index contributed by atoms with van der Waals surface area (Å²) >= 11 is 9.91. The first-order valence-corrected chi connectivity index (χ1v) is 11.0. The van der Waals surface area contributed by atoms with Crippen LogP contribution in [0.4, 0.5) is 0 Å². The Labute approximate surface area is 181 Å². The molecule has 0 radical (unpaired) electrons. The van der Waals surface area contributed by atoms with Gasteiger partial charge in [0.1, 0.15) is 16.3 Å². The molecule has 0 aromatic rings. The van der Waals surface area contributed by atoms with Crippen LogP contribution in [0.5, 0.6) is 0 Å². The average molecular weight is 462 g/mol. The van der Waals surface area contributed by atoms with Gasteiger partial charge in [-0.05, 0) is 25.3 Å². The summed E-state index contributed by atoms with van der Waals surface area (Å²) in [6, 6.07) is 0. The highest BCUT2D eigenvalue weighted by molar-refractivity contribution is 8.09. The number of rotatable bonds is 11. The van der Waals surface area contributed by atoms with E-state index in [9.17, 15) is 23.1 Å². The van der Waals surface area contributed by atoms with Crippen LogP contribution in [-0.2, 0) is 19.6 Å². The van der Waals surface area contributed by atoms with Gasteiger partial charge < -0.3 is 10.2 Å². The largest absolute Gasteiger partial charge is 0.480 e. The summed E-state index contributed by atoms with van der Waals surface area (Å²) in [5.41, 5.74) is -1.77. The summed E-state index contributed by atoms with van der Waals surface area (Å²) in [4.78, 5) is 22.8. The lowest BCUT2D eigenvalue weighted by Gasteiger charge is -2.27. The number of carbonyl (C=O) groups is 2. The summed E-state index contributed by atoms with van der Waals surface area (Å²) in [6.07, 6.45) is 14.6. The predicted molar refractivity (Wildman–Crippen MR) is 116 cm³/mol. The number of sulfonamides is 1. The lowest BCUT2D eigenvalue weighted by Crippen LogP contribution is -2.50. The number of hydrogen-bond donors (Lipinski definition) is 3. The summed E-state index contributed by atoms with van der Waals surface area (Å²) in [5, 5.41) is 18.3. The molecule has 0 bridgehead atoms. The highest BCUT2D eigenvalue weighted by atomic mass is 35.5. The molecule has 1 aliphatic carbocycles. The van der Waals surface area contributed by atoms with E-state index >= 15 is 0 Å². The molecule has 0 spiro atoms. The number of alkyl halides is 1. The summed E-state index contributed by atoms with van der Waals surface area (Å²) in [6.45, 7) is 2.45. The predicted octanol–water partition coefficient (Wildman–Crippen LogP) is 3.19. The van der Waals surface area contributed by atoms with Gasteiger partial charge in [-0.15, -0.1) is 24.2 Å². The summed E-state index contributed by atoms with van der Waals surface area (Å²) in [7, 11) is -4.40. The molecule has 1 saturated carbocycles. The minimum Gasteiger partial charge on any atom is -0.480 e. The van der Waals surface area contributed by atoms with Crippen LogP contribution in [0.15, 0.2) is 58.9 Å². The molecule has 2 N–H and O–H groups in total. The van der Waals surface area contributed by atoms with E-state index in [4.69, 9.17) is 16.7 Å². The molecular weight excluding hydrogens is 438 g/mol. The fourth-order valence-electron chi connectivity index (χ4n) is 2.67. The fourth-order valence-corrected chi connectivity index (χ4v) is 4.80. The lowest BCUT2D eigenvalue weighted by atomic mass is 10.2. The van der Waals surface area contributed by atoms with E-state index in [1.54, 1.807) is 43.4 Å². The van der Waals surface area contributed by atoms with Crippen molar-refractivity contribution in [2.45, 2.75) is 31.2 Å². The number of carboxylic acids is 2. The molecular formula is C19H24ClNO6S2. The van der Waals surface area contributed by atoms with Crippen molar-refractivity contribution in [3.8, 4) is 0 Å². The highest BCUT2D eigenvalue weighted by Crippen LogP contribution is 2.50. The number of allylic oxidation sites excluding steroid dienone is 9. The molecule has 0 amide bonds. The van der Waals surface area contributed by atoms with Crippen molar-refractivity contribution in [2.75, 3.05) is 6.54 Å². The van der Waals surface area contributed by atoms with Crippen LogP contribution in [0, 0.1) is 5.92 Å². The molecule has 0 heterocycles. The maximum atomic E-state index is 12.8. The molecule has 1 fully saturated rings. The summed E-state index contributed by atoms with van der Waals surface area (Å²) in [5.74, 6) is -3.33. The number of carboxylic acid groups (broad SMARTS) is 2. The Kier molecular flexibility index (Phi) is 9.41. The van der Waals surface area contributed by atoms with Gasteiger partial charge in [-0.3, -0.25) is 9.59 Å². The Morgan fingerprint density at radius 2 is 1.76 bits per heavy atom. The van der Waals surface area contributed by atoms with Crippen LogP contribution >= 0.6 is 24.2 Å².